The molecule has 0 radical (unpaired) electrons. The Morgan fingerprint density at radius 1 is 1.16 bits per heavy atom. The molecule has 162 valence electrons. The fourth-order valence-corrected chi connectivity index (χ4v) is 5.16. The summed E-state index contributed by atoms with van der Waals surface area (Å²) in [6, 6.07) is 10.8. The first kappa shape index (κ1) is 20.3. The SMILES string of the molecule is N[C@H]1C[C@H](C2NCC3=C2CN(c2cccc(C=O)c2)C3)CO[C@@H]1c1cc(F)ccc1F. The molecule has 1 unspecified atom stereocenters. The van der Waals surface area contributed by atoms with Crippen molar-refractivity contribution in [3.8, 4) is 0 Å². The zero-order valence-electron chi connectivity index (χ0n) is 17.1. The number of halogens is 2. The van der Waals surface area contributed by atoms with Crippen molar-refractivity contribution in [1.29, 1.82) is 0 Å². The number of nitrogens with two attached hydrogens (primary N) is 1. The van der Waals surface area contributed by atoms with Crippen LogP contribution in [0.2, 0.25) is 0 Å². The molecular weight excluding hydrogens is 400 g/mol. The van der Waals surface area contributed by atoms with Gasteiger partial charge in [0.2, 0.25) is 0 Å². The molecule has 31 heavy (non-hydrogen) atoms. The van der Waals surface area contributed by atoms with Crippen molar-refractivity contribution in [2.75, 3.05) is 31.1 Å². The number of carbonyl (C=O) groups excluding carboxylic acids is 1. The maximum absolute atomic E-state index is 14.2. The number of benzene rings is 2. The molecule has 0 aliphatic carbocycles. The Labute approximate surface area is 179 Å². The van der Waals surface area contributed by atoms with Gasteiger partial charge in [0.05, 0.1) is 6.61 Å². The molecule has 2 aromatic rings. The monoisotopic (exact) mass is 425 g/mol. The Bertz CT molecular complexity index is 1040. The van der Waals surface area contributed by atoms with Crippen molar-refractivity contribution in [2.45, 2.75) is 24.6 Å². The van der Waals surface area contributed by atoms with Crippen molar-refractivity contribution in [3.63, 3.8) is 0 Å². The van der Waals surface area contributed by atoms with Gasteiger partial charge < -0.3 is 20.7 Å². The number of nitrogens with zero attached hydrogens (tertiary/aromatic N) is 1. The zero-order chi connectivity index (χ0) is 21.5. The zero-order valence-corrected chi connectivity index (χ0v) is 17.1. The average molecular weight is 425 g/mol. The second kappa shape index (κ2) is 8.15. The van der Waals surface area contributed by atoms with Gasteiger partial charge in [0, 0.05) is 54.5 Å². The van der Waals surface area contributed by atoms with Crippen molar-refractivity contribution in [2.24, 2.45) is 11.7 Å². The molecule has 0 bridgehead atoms. The molecular formula is C24H25F2N3O2. The van der Waals surface area contributed by atoms with E-state index in [1.165, 1.54) is 17.2 Å². The molecule has 7 heteroatoms. The summed E-state index contributed by atoms with van der Waals surface area (Å²) in [5.74, 6) is -0.823. The van der Waals surface area contributed by atoms with Crippen LogP contribution in [0.25, 0.3) is 0 Å². The Kier molecular flexibility index (Phi) is 5.33. The van der Waals surface area contributed by atoms with Gasteiger partial charge in [-0.3, -0.25) is 4.79 Å². The summed E-state index contributed by atoms with van der Waals surface area (Å²) in [6.45, 7) is 2.88. The summed E-state index contributed by atoms with van der Waals surface area (Å²) in [5.41, 5.74) is 11.0. The maximum atomic E-state index is 14.2. The van der Waals surface area contributed by atoms with E-state index in [0.717, 1.165) is 43.7 Å². The van der Waals surface area contributed by atoms with Crippen LogP contribution >= 0.6 is 0 Å². The third-order valence-corrected chi connectivity index (χ3v) is 6.67. The summed E-state index contributed by atoms with van der Waals surface area (Å²) in [5, 5.41) is 3.59. The van der Waals surface area contributed by atoms with Crippen molar-refractivity contribution in [1.82, 2.24) is 5.32 Å². The van der Waals surface area contributed by atoms with Crippen LogP contribution in [-0.4, -0.2) is 44.6 Å². The number of carbonyl (C=O) groups is 1. The van der Waals surface area contributed by atoms with Crippen LogP contribution in [-0.2, 0) is 4.74 Å². The summed E-state index contributed by atoms with van der Waals surface area (Å²) in [7, 11) is 0. The van der Waals surface area contributed by atoms with Crippen LogP contribution in [0, 0.1) is 17.6 Å². The van der Waals surface area contributed by atoms with E-state index in [9.17, 15) is 13.6 Å². The number of aldehydes is 1. The van der Waals surface area contributed by atoms with E-state index in [1.54, 1.807) is 6.07 Å². The van der Waals surface area contributed by atoms with Crippen LogP contribution < -0.4 is 16.0 Å². The number of anilines is 1. The molecule has 1 saturated heterocycles. The van der Waals surface area contributed by atoms with E-state index in [-0.39, 0.29) is 17.5 Å². The second-order valence-corrected chi connectivity index (χ2v) is 8.64. The summed E-state index contributed by atoms with van der Waals surface area (Å²) in [6.07, 6.45) is 0.882. The molecule has 5 nitrogen and oxygen atoms in total. The lowest BCUT2D eigenvalue weighted by molar-refractivity contribution is -0.0385. The standard InChI is InChI=1S/C24H25F2N3O2/c25-17-4-5-21(26)19(8-17)24-22(27)7-15(13-31-24)23-20-11-29(10-16(20)9-28-23)18-3-1-2-14(6-18)12-30/h1-6,8,12,15,22-24,28H,7,9-11,13,27H2/t15-,22-,23?,24+/m0/s1. The van der Waals surface area contributed by atoms with E-state index in [2.05, 4.69) is 10.2 Å². The first-order chi connectivity index (χ1) is 15.0. The van der Waals surface area contributed by atoms with Gasteiger partial charge in [0.15, 0.2) is 0 Å². The van der Waals surface area contributed by atoms with E-state index < -0.39 is 23.8 Å². The quantitative estimate of drug-likeness (QED) is 0.582. The number of nitrogens with one attached hydrogen (secondary N) is 1. The van der Waals surface area contributed by atoms with Gasteiger partial charge in [-0.2, -0.15) is 0 Å². The number of rotatable bonds is 4. The molecule has 4 atom stereocenters. The van der Waals surface area contributed by atoms with Crippen molar-refractivity contribution >= 4 is 12.0 Å². The van der Waals surface area contributed by atoms with Crippen LogP contribution in [0.1, 0.15) is 28.4 Å². The predicted octanol–water partition coefficient (Wildman–Crippen LogP) is 2.97. The van der Waals surface area contributed by atoms with Gasteiger partial charge in [-0.25, -0.2) is 8.78 Å². The van der Waals surface area contributed by atoms with Gasteiger partial charge in [0.25, 0.3) is 0 Å². The van der Waals surface area contributed by atoms with Crippen molar-refractivity contribution in [3.05, 3.63) is 76.4 Å². The summed E-state index contributed by atoms with van der Waals surface area (Å²) >= 11 is 0. The van der Waals surface area contributed by atoms with Crippen LogP contribution in [0.5, 0.6) is 0 Å². The molecule has 0 spiro atoms. The van der Waals surface area contributed by atoms with Gasteiger partial charge in [-0.1, -0.05) is 12.1 Å². The van der Waals surface area contributed by atoms with Crippen LogP contribution in [0.3, 0.4) is 0 Å². The highest BCUT2D eigenvalue weighted by molar-refractivity contribution is 5.77. The largest absolute Gasteiger partial charge is 0.371 e. The fourth-order valence-electron chi connectivity index (χ4n) is 5.16. The highest BCUT2D eigenvalue weighted by Crippen LogP contribution is 2.38. The lowest BCUT2D eigenvalue weighted by Gasteiger charge is -2.38. The van der Waals surface area contributed by atoms with E-state index >= 15 is 0 Å². The first-order valence-electron chi connectivity index (χ1n) is 10.6. The minimum absolute atomic E-state index is 0.151. The van der Waals surface area contributed by atoms with E-state index in [0.29, 0.717) is 18.6 Å². The number of hydrogen-bond donors (Lipinski definition) is 2. The molecule has 3 aliphatic rings. The summed E-state index contributed by atoms with van der Waals surface area (Å²) < 4.78 is 33.8. The van der Waals surface area contributed by atoms with Gasteiger partial charge in [-0.05, 0) is 47.9 Å². The average Bonchev–Trinajstić information content (AvgIpc) is 3.37. The first-order valence-corrected chi connectivity index (χ1v) is 10.6. The topological polar surface area (TPSA) is 67.6 Å². The molecule has 3 N–H and O–H groups in total. The predicted molar refractivity (Wildman–Crippen MR) is 114 cm³/mol. The van der Waals surface area contributed by atoms with Gasteiger partial charge in [-0.15, -0.1) is 0 Å². The third kappa shape index (κ3) is 3.78. The van der Waals surface area contributed by atoms with Crippen LogP contribution in [0.15, 0.2) is 53.6 Å². The van der Waals surface area contributed by atoms with Gasteiger partial charge in [0.1, 0.15) is 24.0 Å². The molecule has 0 saturated carbocycles. The second-order valence-electron chi connectivity index (χ2n) is 8.64. The highest BCUT2D eigenvalue weighted by Gasteiger charge is 2.41. The molecule has 0 amide bonds. The third-order valence-electron chi connectivity index (χ3n) is 6.67. The molecule has 2 aromatic carbocycles. The Morgan fingerprint density at radius 2 is 2.03 bits per heavy atom. The van der Waals surface area contributed by atoms with Gasteiger partial charge >= 0.3 is 0 Å². The van der Waals surface area contributed by atoms with E-state index in [4.69, 9.17) is 10.5 Å². The lowest BCUT2D eigenvalue weighted by Crippen LogP contribution is -2.47. The fraction of sp³-hybridized carbons (Fsp3) is 0.375. The highest BCUT2D eigenvalue weighted by atomic mass is 19.1. The normalized spacial score (nSPS) is 28.2. The Hall–Kier alpha value is -2.61. The molecule has 5 rings (SSSR count). The Morgan fingerprint density at radius 3 is 2.84 bits per heavy atom. The molecule has 3 heterocycles. The summed E-state index contributed by atoms with van der Waals surface area (Å²) in [4.78, 5) is 13.4. The number of ether oxygens (including phenoxy) is 1. The molecule has 3 aliphatic heterocycles. The minimum atomic E-state index is -0.645. The van der Waals surface area contributed by atoms with E-state index in [1.807, 2.05) is 18.2 Å². The molecule has 1 fully saturated rings. The smallest absolute Gasteiger partial charge is 0.150 e. The lowest BCUT2D eigenvalue weighted by atomic mass is 9.84. The van der Waals surface area contributed by atoms with Crippen molar-refractivity contribution < 1.29 is 18.3 Å². The van der Waals surface area contributed by atoms with Crippen LogP contribution in [0.4, 0.5) is 14.5 Å². The maximum Gasteiger partial charge on any atom is 0.150 e. The minimum Gasteiger partial charge on any atom is -0.371 e. The Balaban J connectivity index is 1.28. The molecule has 0 aromatic heterocycles. The number of hydrogen-bond acceptors (Lipinski definition) is 5.